The van der Waals surface area contributed by atoms with Gasteiger partial charge in [-0.3, -0.25) is 0 Å². The Morgan fingerprint density at radius 3 is 2.69 bits per heavy atom. The third-order valence-electron chi connectivity index (χ3n) is 1.76. The van der Waals surface area contributed by atoms with Crippen molar-refractivity contribution < 1.29 is 23.8 Å². The van der Waals surface area contributed by atoms with Crippen LogP contribution < -0.4 is 0 Å². The highest BCUT2D eigenvalue weighted by atomic mass is 19.1. The first kappa shape index (κ1) is 9.85. The molecule has 0 bridgehead atoms. The number of hydrogen-bond acceptors (Lipinski definition) is 2. The van der Waals surface area contributed by atoms with Crippen LogP contribution in [0.5, 0.6) is 0 Å². The van der Waals surface area contributed by atoms with Gasteiger partial charge < -0.3 is 10.2 Å². The van der Waals surface area contributed by atoms with Crippen molar-refractivity contribution in [3.63, 3.8) is 0 Å². The summed E-state index contributed by atoms with van der Waals surface area (Å²) in [6, 6.07) is 0. The van der Waals surface area contributed by atoms with Crippen LogP contribution in [0.25, 0.3) is 0 Å². The second-order valence-electron chi connectivity index (χ2n) is 2.79. The molecule has 5 heteroatoms. The van der Waals surface area contributed by atoms with Crippen molar-refractivity contribution in [2.75, 3.05) is 0 Å². The predicted octanol–water partition coefficient (Wildman–Crippen LogP) is 1.16. The zero-order valence-corrected chi connectivity index (χ0v) is 6.58. The molecule has 3 nitrogen and oxygen atoms in total. The number of halogens is 2. The van der Waals surface area contributed by atoms with E-state index >= 15 is 0 Å². The van der Waals surface area contributed by atoms with Gasteiger partial charge in [0, 0.05) is 18.4 Å². The van der Waals surface area contributed by atoms with E-state index in [-0.39, 0.29) is 6.42 Å². The number of carbonyl (C=O) groups is 1. The van der Waals surface area contributed by atoms with Crippen LogP contribution in [0.2, 0.25) is 0 Å². The molecule has 0 heterocycles. The number of aliphatic hydroxyl groups is 1. The van der Waals surface area contributed by atoms with E-state index in [1.165, 1.54) is 0 Å². The minimum Gasteiger partial charge on any atom is -0.479 e. The van der Waals surface area contributed by atoms with Gasteiger partial charge in [0.05, 0.1) is 0 Å². The lowest BCUT2D eigenvalue weighted by Gasteiger charge is -2.17. The molecule has 0 spiro atoms. The number of allylic oxidation sites excluding steroid dienone is 3. The highest BCUT2D eigenvalue weighted by Gasteiger charge is 2.27. The molecule has 0 fully saturated rings. The van der Waals surface area contributed by atoms with Gasteiger partial charge in [0.1, 0.15) is 11.7 Å². The Kier molecular flexibility index (Phi) is 2.77. The molecular weight excluding hydrogens is 182 g/mol. The monoisotopic (exact) mass is 190 g/mol. The summed E-state index contributed by atoms with van der Waals surface area (Å²) in [4.78, 5) is 10.3. The third-order valence-corrected chi connectivity index (χ3v) is 1.76. The van der Waals surface area contributed by atoms with Crippen molar-refractivity contribution in [3.05, 3.63) is 23.8 Å². The molecule has 1 aliphatic carbocycles. The van der Waals surface area contributed by atoms with Gasteiger partial charge in [-0.1, -0.05) is 0 Å². The lowest BCUT2D eigenvalue weighted by Crippen LogP contribution is -2.29. The molecule has 0 aliphatic heterocycles. The Bertz CT molecular complexity index is 283. The Morgan fingerprint density at radius 1 is 1.62 bits per heavy atom. The topological polar surface area (TPSA) is 57.5 Å². The van der Waals surface area contributed by atoms with Crippen LogP contribution in [-0.4, -0.2) is 22.3 Å². The quantitative estimate of drug-likeness (QED) is 0.686. The van der Waals surface area contributed by atoms with Crippen LogP contribution in [0.1, 0.15) is 6.42 Å². The molecule has 0 aromatic rings. The first-order valence-electron chi connectivity index (χ1n) is 3.65. The molecule has 1 rings (SSSR count). The smallest absolute Gasteiger partial charge is 0.333 e. The first-order chi connectivity index (χ1) is 6.00. The van der Waals surface area contributed by atoms with Crippen LogP contribution in [-0.2, 0) is 4.79 Å². The summed E-state index contributed by atoms with van der Waals surface area (Å²) in [6.07, 6.45) is -0.460. The van der Waals surface area contributed by atoms with E-state index < -0.39 is 29.6 Å². The summed E-state index contributed by atoms with van der Waals surface area (Å²) in [5.41, 5.74) is 0. The molecule has 0 amide bonds. The van der Waals surface area contributed by atoms with E-state index in [1.807, 2.05) is 0 Å². The van der Waals surface area contributed by atoms with Crippen LogP contribution in [0, 0.1) is 5.92 Å². The van der Waals surface area contributed by atoms with Gasteiger partial charge in [0.25, 0.3) is 0 Å². The van der Waals surface area contributed by atoms with Crippen molar-refractivity contribution in [2.45, 2.75) is 12.5 Å². The Labute approximate surface area is 73.0 Å². The zero-order chi connectivity index (χ0) is 10.0. The van der Waals surface area contributed by atoms with E-state index in [0.29, 0.717) is 6.08 Å². The molecule has 0 radical (unpaired) electrons. The Balaban J connectivity index is 2.76. The number of carboxylic acid groups (broad SMARTS) is 1. The van der Waals surface area contributed by atoms with Crippen LogP contribution >= 0.6 is 0 Å². The predicted molar refractivity (Wildman–Crippen MR) is 40.1 cm³/mol. The molecule has 0 aromatic heterocycles. The fraction of sp³-hybridized carbons (Fsp3) is 0.375. The third kappa shape index (κ3) is 2.35. The lowest BCUT2D eigenvalue weighted by atomic mass is 9.94. The summed E-state index contributed by atoms with van der Waals surface area (Å²) in [5.74, 6) is -4.12. The van der Waals surface area contributed by atoms with Gasteiger partial charge in [0.2, 0.25) is 0 Å². The standard InChI is InChI=1S/C8H8F2O3/c9-5-1-4(2-6(10)3-5)7(11)8(12)13/h1,3-4,7,11H,2H2,(H,12,13). The second-order valence-corrected chi connectivity index (χ2v) is 2.79. The van der Waals surface area contributed by atoms with E-state index in [0.717, 1.165) is 6.08 Å². The minimum atomic E-state index is -1.76. The van der Waals surface area contributed by atoms with E-state index in [1.54, 1.807) is 0 Å². The molecule has 1 aliphatic rings. The van der Waals surface area contributed by atoms with Gasteiger partial charge >= 0.3 is 5.97 Å². The fourth-order valence-electron chi connectivity index (χ4n) is 1.13. The number of hydrogen-bond donors (Lipinski definition) is 2. The van der Waals surface area contributed by atoms with Gasteiger partial charge in [-0.15, -0.1) is 0 Å². The van der Waals surface area contributed by atoms with Gasteiger partial charge in [-0.25, -0.2) is 13.6 Å². The van der Waals surface area contributed by atoms with Gasteiger partial charge in [0.15, 0.2) is 6.10 Å². The summed E-state index contributed by atoms with van der Waals surface area (Å²) in [6.45, 7) is 0. The maximum Gasteiger partial charge on any atom is 0.333 e. The molecule has 72 valence electrons. The van der Waals surface area contributed by atoms with Gasteiger partial charge in [-0.05, 0) is 6.08 Å². The van der Waals surface area contributed by atoms with Gasteiger partial charge in [-0.2, -0.15) is 0 Å². The number of aliphatic carboxylic acids is 1. The Hall–Kier alpha value is -1.23. The van der Waals surface area contributed by atoms with Crippen LogP contribution in [0.15, 0.2) is 23.8 Å². The van der Waals surface area contributed by atoms with E-state index in [9.17, 15) is 13.6 Å². The molecule has 0 saturated heterocycles. The Morgan fingerprint density at radius 2 is 2.23 bits per heavy atom. The molecule has 2 atom stereocenters. The zero-order valence-electron chi connectivity index (χ0n) is 6.58. The first-order valence-corrected chi connectivity index (χ1v) is 3.65. The van der Waals surface area contributed by atoms with Crippen LogP contribution in [0.3, 0.4) is 0 Å². The summed E-state index contributed by atoms with van der Waals surface area (Å²) >= 11 is 0. The average molecular weight is 190 g/mol. The largest absolute Gasteiger partial charge is 0.479 e. The normalized spacial score (nSPS) is 24.7. The highest BCUT2D eigenvalue weighted by molar-refractivity contribution is 5.72. The second kappa shape index (κ2) is 3.66. The molecule has 0 saturated carbocycles. The number of carboxylic acids is 1. The van der Waals surface area contributed by atoms with Crippen molar-refractivity contribution in [1.82, 2.24) is 0 Å². The van der Waals surface area contributed by atoms with E-state index in [2.05, 4.69) is 0 Å². The molecular formula is C8H8F2O3. The molecule has 2 N–H and O–H groups in total. The molecule has 13 heavy (non-hydrogen) atoms. The van der Waals surface area contributed by atoms with Crippen molar-refractivity contribution in [2.24, 2.45) is 5.92 Å². The summed E-state index contributed by atoms with van der Waals surface area (Å²) in [5, 5.41) is 17.3. The van der Waals surface area contributed by atoms with Crippen molar-refractivity contribution in [1.29, 1.82) is 0 Å². The lowest BCUT2D eigenvalue weighted by molar-refractivity contribution is -0.148. The molecule has 0 aromatic carbocycles. The van der Waals surface area contributed by atoms with Crippen LogP contribution in [0.4, 0.5) is 8.78 Å². The molecule has 2 unspecified atom stereocenters. The maximum absolute atomic E-state index is 12.6. The summed E-state index contributed by atoms with van der Waals surface area (Å²) < 4.78 is 25.1. The number of aliphatic hydroxyl groups excluding tert-OH is 1. The number of rotatable bonds is 2. The van der Waals surface area contributed by atoms with Crippen molar-refractivity contribution >= 4 is 5.97 Å². The van der Waals surface area contributed by atoms with Crippen molar-refractivity contribution in [3.8, 4) is 0 Å². The fourth-order valence-corrected chi connectivity index (χ4v) is 1.13. The summed E-state index contributed by atoms with van der Waals surface area (Å²) in [7, 11) is 0. The average Bonchev–Trinajstić information content (AvgIpc) is 2.01. The maximum atomic E-state index is 12.6. The van der Waals surface area contributed by atoms with E-state index in [4.69, 9.17) is 10.2 Å². The minimum absolute atomic E-state index is 0.277. The highest BCUT2D eigenvalue weighted by Crippen LogP contribution is 2.26. The SMILES string of the molecule is O=C(O)C(O)C1C=C(F)C=C(F)C1.